The highest BCUT2D eigenvalue weighted by molar-refractivity contribution is 6.20. The minimum atomic E-state index is 0.356. The second kappa shape index (κ2) is 3.26. The van der Waals surface area contributed by atoms with Gasteiger partial charge in [-0.3, -0.25) is 0 Å². The van der Waals surface area contributed by atoms with Crippen molar-refractivity contribution in [1.29, 1.82) is 0 Å². The number of rotatable bonds is 1. The molecule has 1 aliphatic rings. The molecule has 2 unspecified atom stereocenters. The van der Waals surface area contributed by atoms with Crippen molar-refractivity contribution in [2.24, 2.45) is 5.92 Å². The van der Waals surface area contributed by atoms with Crippen molar-refractivity contribution in [3.05, 3.63) is 12.2 Å². The third kappa shape index (κ3) is 2.02. The maximum Gasteiger partial charge on any atom is 0.0339 e. The van der Waals surface area contributed by atoms with Crippen LogP contribution in [-0.2, 0) is 0 Å². The average molecular weight is 145 g/mol. The standard InChI is InChI=1S/C8H13Cl/c1-7(9)8-5-3-2-4-6-8/h2-3,7-8H,4-6H2,1H3. The molecule has 0 radical (unpaired) electrons. The lowest BCUT2D eigenvalue weighted by Gasteiger charge is -2.19. The summed E-state index contributed by atoms with van der Waals surface area (Å²) in [6.07, 6.45) is 8.18. The molecule has 0 N–H and O–H groups in total. The maximum absolute atomic E-state index is 5.92. The van der Waals surface area contributed by atoms with E-state index >= 15 is 0 Å². The quantitative estimate of drug-likeness (QED) is 0.392. The Balaban J connectivity index is 2.35. The second-order valence-electron chi connectivity index (χ2n) is 2.72. The van der Waals surface area contributed by atoms with Crippen LogP contribution < -0.4 is 0 Å². The molecule has 1 heteroatoms. The monoisotopic (exact) mass is 144 g/mol. The first-order valence-corrected chi connectivity index (χ1v) is 4.03. The molecule has 0 aromatic rings. The zero-order valence-corrected chi connectivity index (χ0v) is 6.56. The van der Waals surface area contributed by atoms with Crippen molar-refractivity contribution < 1.29 is 0 Å². The first-order chi connectivity index (χ1) is 4.30. The second-order valence-corrected chi connectivity index (χ2v) is 3.41. The summed E-state index contributed by atoms with van der Waals surface area (Å²) in [6.45, 7) is 2.09. The molecule has 0 amide bonds. The molecule has 9 heavy (non-hydrogen) atoms. The summed E-state index contributed by atoms with van der Waals surface area (Å²) in [6, 6.07) is 0. The molecule has 0 aromatic heterocycles. The highest BCUT2D eigenvalue weighted by atomic mass is 35.5. The SMILES string of the molecule is CC(Cl)C1CC=CCC1. The molecule has 2 atom stereocenters. The summed E-state index contributed by atoms with van der Waals surface area (Å²) >= 11 is 5.92. The Hall–Kier alpha value is 0.0300. The van der Waals surface area contributed by atoms with Gasteiger partial charge in [0.2, 0.25) is 0 Å². The van der Waals surface area contributed by atoms with Gasteiger partial charge < -0.3 is 0 Å². The summed E-state index contributed by atoms with van der Waals surface area (Å²) in [7, 11) is 0. The van der Waals surface area contributed by atoms with Crippen LogP contribution in [0.3, 0.4) is 0 Å². The summed E-state index contributed by atoms with van der Waals surface area (Å²) < 4.78 is 0. The van der Waals surface area contributed by atoms with Gasteiger partial charge in [-0.15, -0.1) is 11.6 Å². The Labute approximate surface area is 61.9 Å². The van der Waals surface area contributed by atoms with Crippen LogP contribution in [0.25, 0.3) is 0 Å². The van der Waals surface area contributed by atoms with Gasteiger partial charge in [-0.2, -0.15) is 0 Å². The predicted molar refractivity (Wildman–Crippen MR) is 41.8 cm³/mol. The van der Waals surface area contributed by atoms with Crippen molar-refractivity contribution in [3.63, 3.8) is 0 Å². The largest absolute Gasteiger partial charge is 0.123 e. The van der Waals surface area contributed by atoms with E-state index in [1.54, 1.807) is 0 Å². The van der Waals surface area contributed by atoms with Crippen LogP contribution in [0.2, 0.25) is 0 Å². The molecular weight excluding hydrogens is 132 g/mol. The van der Waals surface area contributed by atoms with E-state index in [1.807, 2.05) is 0 Å². The molecule has 1 aliphatic carbocycles. The van der Waals surface area contributed by atoms with Gasteiger partial charge in [-0.1, -0.05) is 12.2 Å². The van der Waals surface area contributed by atoms with Gasteiger partial charge in [0.05, 0.1) is 0 Å². The van der Waals surface area contributed by atoms with Crippen LogP contribution in [0, 0.1) is 5.92 Å². The first-order valence-electron chi connectivity index (χ1n) is 3.60. The Morgan fingerprint density at radius 3 is 2.67 bits per heavy atom. The van der Waals surface area contributed by atoms with Crippen molar-refractivity contribution >= 4 is 11.6 Å². The molecule has 0 fully saturated rings. The number of halogens is 1. The van der Waals surface area contributed by atoms with E-state index in [-0.39, 0.29) is 0 Å². The minimum Gasteiger partial charge on any atom is -0.123 e. The molecule has 1 rings (SSSR count). The Kier molecular flexibility index (Phi) is 2.59. The first kappa shape index (κ1) is 7.14. The fourth-order valence-electron chi connectivity index (χ4n) is 1.23. The molecule has 0 bridgehead atoms. The lowest BCUT2D eigenvalue weighted by atomic mass is 9.92. The molecule has 0 saturated carbocycles. The van der Waals surface area contributed by atoms with Gasteiger partial charge in [-0.05, 0) is 32.1 Å². The smallest absolute Gasteiger partial charge is 0.0339 e. The Bertz CT molecular complexity index is 105. The van der Waals surface area contributed by atoms with E-state index in [1.165, 1.54) is 19.3 Å². The van der Waals surface area contributed by atoms with Crippen LogP contribution in [-0.4, -0.2) is 5.38 Å². The number of hydrogen-bond donors (Lipinski definition) is 0. The van der Waals surface area contributed by atoms with E-state index in [4.69, 9.17) is 11.6 Å². The van der Waals surface area contributed by atoms with Crippen molar-refractivity contribution in [3.8, 4) is 0 Å². The van der Waals surface area contributed by atoms with Crippen LogP contribution in [0.4, 0.5) is 0 Å². The minimum absolute atomic E-state index is 0.356. The molecule has 0 heterocycles. The van der Waals surface area contributed by atoms with E-state index in [0.29, 0.717) is 5.38 Å². The number of hydrogen-bond acceptors (Lipinski definition) is 0. The van der Waals surface area contributed by atoms with E-state index < -0.39 is 0 Å². The summed E-state index contributed by atoms with van der Waals surface area (Å²) in [5.74, 6) is 0.733. The van der Waals surface area contributed by atoms with Crippen molar-refractivity contribution in [2.75, 3.05) is 0 Å². The highest BCUT2D eigenvalue weighted by Gasteiger charge is 2.14. The lowest BCUT2D eigenvalue weighted by Crippen LogP contribution is -2.12. The van der Waals surface area contributed by atoms with Gasteiger partial charge >= 0.3 is 0 Å². The fraction of sp³-hybridized carbons (Fsp3) is 0.750. The zero-order valence-electron chi connectivity index (χ0n) is 5.81. The van der Waals surface area contributed by atoms with Crippen LogP contribution in [0.1, 0.15) is 26.2 Å². The Morgan fingerprint density at radius 1 is 1.56 bits per heavy atom. The molecule has 0 nitrogen and oxygen atoms in total. The lowest BCUT2D eigenvalue weighted by molar-refractivity contribution is 0.472. The van der Waals surface area contributed by atoms with Gasteiger partial charge in [0.25, 0.3) is 0 Å². The normalized spacial score (nSPS) is 30.2. The number of allylic oxidation sites excluding steroid dienone is 2. The molecule has 52 valence electrons. The van der Waals surface area contributed by atoms with Crippen LogP contribution in [0.15, 0.2) is 12.2 Å². The third-order valence-electron chi connectivity index (χ3n) is 1.96. The van der Waals surface area contributed by atoms with Crippen molar-refractivity contribution in [1.82, 2.24) is 0 Å². The van der Waals surface area contributed by atoms with E-state index in [9.17, 15) is 0 Å². The topological polar surface area (TPSA) is 0 Å². The molecule has 0 spiro atoms. The predicted octanol–water partition coefficient (Wildman–Crippen LogP) is 2.97. The van der Waals surface area contributed by atoms with Gasteiger partial charge in [-0.25, -0.2) is 0 Å². The van der Waals surface area contributed by atoms with Gasteiger partial charge in [0.1, 0.15) is 0 Å². The fourth-order valence-corrected chi connectivity index (χ4v) is 1.46. The summed E-state index contributed by atoms with van der Waals surface area (Å²) in [5.41, 5.74) is 0. The average Bonchev–Trinajstić information content (AvgIpc) is 1.90. The molecule has 0 aromatic carbocycles. The van der Waals surface area contributed by atoms with E-state index in [0.717, 1.165) is 5.92 Å². The summed E-state index contributed by atoms with van der Waals surface area (Å²) in [5, 5.41) is 0.356. The van der Waals surface area contributed by atoms with Gasteiger partial charge in [0, 0.05) is 5.38 Å². The van der Waals surface area contributed by atoms with Crippen LogP contribution >= 0.6 is 11.6 Å². The summed E-state index contributed by atoms with van der Waals surface area (Å²) in [4.78, 5) is 0. The Morgan fingerprint density at radius 2 is 2.33 bits per heavy atom. The number of alkyl halides is 1. The molecular formula is C8H13Cl. The van der Waals surface area contributed by atoms with Crippen molar-refractivity contribution in [2.45, 2.75) is 31.6 Å². The zero-order chi connectivity index (χ0) is 6.69. The molecule has 0 aliphatic heterocycles. The van der Waals surface area contributed by atoms with Crippen LogP contribution in [0.5, 0.6) is 0 Å². The van der Waals surface area contributed by atoms with E-state index in [2.05, 4.69) is 19.1 Å². The highest BCUT2D eigenvalue weighted by Crippen LogP contribution is 2.24. The molecule has 0 saturated heterocycles. The van der Waals surface area contributed by atoms with Gasteiger partial charge in [0.15, 0.2) is 0 Å². The third-order valence-corrected chi connectivity index (χ3v) is 2.32. The maximum atomic E-state index is 5.92.